The molecule has 1 fully saturated rings. The molecule has 16 heteroatoms. The van der Waals surface area contributed by atoms with Gasteiger partial charge in [-0.25, -0.2) is 4.39 Å². The van der Waals surface area contributed by atoms with E-state index in [1.165, 1.54) is 46.0 Å². The van der Waals surface area contributed by atoms with Crippen molar-refractivity contribution in [3.63, 3.8) is 0 Å². The van der Waals surface area contributed by atoms with Crippen LogP contribution in [0.4, 0.5) is 27.1 Å². The summed E-state index contributed by atoms with van der Waals surface area (Å²) in [6.45, 7) is 17.7. The second kappa shape index (κ2) is 24.3. The van der Waals surface area contributed by atoms with Gasteiger partial charge in [0.05, 0.1) is 17.4 Å². The molecule has 69 heavy (non-hydrogen) atoms. The van der Waals surface area contributed by atoms with Crippen LogP contribution in [0.2, 0.25) is 0 Å². The van der Waals surface area contributed by atoms with Crippen LogP contribution < -0.4 is 25.5 Å². The molecule has 1 N–H and O–H groups in total. The van der Waals surface area contributed by atoms with Gasteiger partial charge in [0.1, 0.15) is 5.82 Å². The van der Waals surface area contributed by atoms with Crippen LogP contribution in [0.15, 0.2) is 100 Å². The number of carbonyl (C=O) groups excluding carboxylic acids is 4. The number of nitrogens with one attached hydrogen (secondary N) is 1. The van der Waals surface area contributed by atoms with Gasteiger partial charge in [0.15, 0.2) is 0 Å². The number of aromatic nitrogens is 1. The number of rotatable bonds is 2. The largest absolute Gasteiger partial charge is 0.494 e. The Hall–Kier alpha value is -4.93. The summed E-state index contributed by atoms with van der Waals surface area (Å²) in [6.07, 6.45) is 6.69. The lowest BCUT2D eigenvalue weighted by molar-refractivity contribution is -0.117. The molecule has 0 radical (unpaired) electrons. The lowest BCUT2D eigenvalue weighted by Gasteiger charge is -2.32. The lowest BCUT2D eigenvalue weighted by atomic mass is 9.78. The number of pyridine rings is 1. The number of fused-ring (bicyclic) bond motifs is 4. The normalized spacial score (nSPS) is 15.8. The van der Waals surface area contributed by atoms with E-state index in [1.54, 1.807) is 31.9 Å². The number of nitrogens with zero attached hydrogens (tertiary/aromatic N) is 4. The summed E-state index contributed by atoms with van der Waals surface area (Å²) in [6, 6.07) is 25.8. The van der Waals surface area contributed by atoms with E-state index in [0.717, 1.165) is 95.6 Å². The second-order valence-electron chi connectivity index (χ2n) is 17.7. The molecule has 1 aromatic heterocycles. The van der Waals surface area contributed by atoms with Gasteiger partial charge in [0.2, 0.25) is 23.0 Å². The quantitative estimate of drug-likeness (QED) is 0.137. The van der Waals surface area contributed by atoms with E-state index in [4.69, 9.17) is 9.31 Å². The van der Waals surface area contributed by atoms with Crippen molar-refractivity contribution in [2.24, 2.45) is 0 Å². The summed E-state index contributed by atoms with van der Waals surface area (Å²) in [4.78, 5) is 52.8. The summed E-state index contributed by atoms with van der Waals surface area (Å²) in [5.41, 5.74) is 11.4. The Morgan fingerprint density at radius 1 is 0.623 bits per heavy atom. The average Bonchev–Trinajstić information content (AvgIpc) is 4.10. The van der Waals surface area contributed by atoms with Gasteiger partial charge in [-0.15, -0.1) is 0 Å². The second-order valence-corrected chi connectivity index (χ2v) is 20.1. The molecular weight excluding hydrogens is 1030 g/mol. The van der Waals surface area contributed by atoms with Crippen molar-refractivity contribution in [1.82, 2.24) is 4.98 Å². The highest BCUT2D eigenvalue weighted by Gasteiger charge is 2.52. The number of hydrogen-bond acceptors (Lipinski definition) is 8. The highest BCUT2D eigenvalue weighted by atomic mass is 79.9. The molecule has 0 spiro atoms. The molecule has 5 aliphatic heterocycles. The SMILES string of the molecule is Brc1ccc2c(c1)CCN2.C.C.CC(=O)Cl.CC(=O)N1CCc2cc(-c3cncc(F)c3)ccc21.CC(=O)N1CCc2cc(B3OC(C)(C)C(C)(C)O3)ccc21.CC(=O)N1CCc2cc(Br)ccc21. The summed E-state index contributed by atoms with van der Waals surface area (Å²) in [5, 5.41) is 2.95. The summed E-state index contributed by atoms with van der Waals surface area (Å²) in [7, 11) is -0.341. The third-order valence-corrected chi connectivity index (χ3v) is 13.4. The van der Waals surface area contributed by atoms with E-state index >= 15 is 0 Å². The minimum Gasteiger partial charge on any atom is -0.399 e. The van der Waals surface area contributed by atoms with Gasteiger partial charge in [0.25, 0.3) is 0 Å². The number of hydrogen-bond donors (Lipinski definition) is 1. The maximum Gasteiger partial charge on any atom is 0.494 e. The first-order valence-corrected chi connectivity index (χ1v) is 24.1. The molecule has 4 aromatic carbocycles. The van der Waals surface area contributed by atoms with Crippen molar-refractivity contribution in [2.75, 3.05) is 46.2 Å². The number of amides is 3. The van der Waals surface area contributed by atoms with Crippen LogP contribution in [0, 0.1) is 5.82 Å². The fraction of sp³-hybridized carbons (Fsp3) is 0.377. The Morgan fingerprint density at radius 2 is 1.07 bits per heavy atom. The maximum atomic E-state index is 13.2. The summed E-state index contributed by atoms with van der Waals surface area (Å²) >= 11 is 11.5. The Balaban J connectivity index is 0.000000199. The van der Waals surface area contributed by atoms with Gasteiger partial charge in [0, 0.05) is 97.3 Å². The third kappa shape index (κ3) is 14.1. The number of halogens is 4. The smallest absolute Gasteiger partial charge is 0.399 e. The van der Waals surface area contributed by atoms with Crippen LogP contribution in [0.1, 0.15) is 92.5 Å². The third-order valence-electron chi connectivity index (χ3n) is 12.4. The van der Waals surface area contributed by atoms with E-state index in [1.807, 2.05) is 52.3 Å². The van der Waals surface area contributed by atoms with Gasteiger partial charge < -0.3 is 29.3 Å². The van der Waals surface area contributed by atoms with Crippen molar-refractivity contribution < 1.29 is 32.9 Å². The first-order valence-electron chi connectivity index (χ1n) is 22.2. The topological polar surface area (TPSA) is 121 Å². The average molecular weight is 1090 g/mol. The molecule has 1 saturated heterocycles. The molecule has 5 aromatic rings. The number of anilines is 4. The molecule has 6 heterocycles. The molecular formula is C53H64BBr2ClFN5O6. The molecule has 11 nitrogen and oxygen atoms in total. The van der Waals surface area contributed by atoms with E-state index in [-0.39, 0.29) is 62.0 Å². The monoisotopic (exact) mass is 1090 g/mol. The van der Waals surface area contributed by atoms with Crippen molar-refractivity contribution in [1.29, 1.82) is 0 Å². The molecule has 368 valence electrons. The van der Waals surface area contributed by atoms with Gasteiger partial charge in [-0.2, -0.15) is 0 Å². The molecule has 0 bridgehead atoms. The standard InChI is InChI=1S/C16H22BNO3.C15H13FN2O.C10H10BrNO.C8H8BrN.C2H3ClO.2CH4/c1-11(19)18-9-8-12-10-13(6-7-14(12)18)17-20-15(2,3)16(4,5)21-17;1-10(19)18-5-4-12-6-11(2-3-15(12)18)13-7-14(16)9-17-8-13;1-7(13)12-5-4-8-6-9(11)2-3-10(8)12;9-7-1-2-8-6(5-7)3-4-10-8;1-2(3)4;;/h6-7,10H,8-9H2,1-5H3;2-3,6-9H,4-5H2,1H3;2-3,6H,4-5H2,1H3;1-2,5,10H,3-4H2;1H3;2*1H4. The molecule has 10 rings (SSSR count). The van der Waals surface area contributed by atoms with Crippen LogP contribution in [-0.4, -0.2) is 72.4 Å². The van der Waals surface area contributed by atoms with Crippen molar-refractivity contribution in [2.45, 2.75) is 107 Å². The van der Waals surface area contributed by atoms with Crippen LogP contribution in [0.25, 0.3) is 11.1 Å². The van der Waals surface area contributed by atoms with Crippen LogP contribution in [0.5, 0.6) is 0 Å². The maximum absolute atomic E-state index is 13.2. The van der Waals surface area contributed by atoms with Crippen LogP contribution >= 0.6 is 43.5 Å². The minimum atomic E-state index is -0.361. The highest BCUT2D eigenvalue weighted by molar-refractivity contribution is 9.10. The molecule has 0 atom stereocenters. The minimum absolute atomic E-state index is 0. The number of carbonyl (C=O) groups is 4. The fourth-order valence-corrected chi connectivity index (χ4v) is 9.14. The van der Waals surface area contributed by atoms with Gasteiger partial charge in [-0.1, -0.05) is 64.9 Å². The van der Waals surface area contributed by atoms with Crippen molar-refractivity contribution in [3.8, 4) is 11.1 Å². The summed E-state index contributed by atoms with van der Waals surface area (Å²) in [5.74, 6) is -0.0690. The first kappa shape index (κ1) is 56.7. The zero-order valence-electron chi connectivity index (χ0n) is 39.1. The molecule has 0 unspecified atom stereocenters. The first-order chi connectivity index (χ1) is 31.6. The van der Waals surface area contributed by atoms with Gasteiger partial charge in [-0.3, -0.25) is 24.2 Å². The molecule has 0 aliphatic carbocycles. The zero-order chi connectivity index (χ0) is 48.8. The van der Waals surface area contributed by atoms with Crippen molar-refractivity contribution in [3.05, 3.63) is 128 Å². The van der Waals surface area contributed by atoms with E-state index < -0.39 is 0 Å². The molecule has 0 saturated carbocycles. The Bertz CT molecular complexity index is 2650. The number of benzene rings is 4. The van der Waals surface area contributed by atoms with E-state index in [0.29, 0.717) is 0 Å². The van der Waals surface area contributed by atoms with Crippen LogP contribution in [-0.2, 0) is 54.2 Å². The van der Waals surface area contributed by atoms with Crippen molar-refractivity contribution >= 4 is 102 Å². The van der Waals surface area contributed by atoms with Gasteiger partial charge >= 0.3 is 7.12 Å². The van der Waals surface area contributed by atoms with E-state index in [9.17, 15) is 23.6 Å². The lowest BCUT2D eigenvalue weighted by Crippen LogP contribution is -2.41. The predicted octanol–water partition coefficient (Wildman–Crippen LogP) is 11.5. The Morgan fingerprint density at radius 3 is 1.58 bits per heavy atom. The highest BCUT2D eigenvalue weighted by Crippen LogP contribution is 2.38. The Kier molecular flexibility index (Phi) is 19.9. The fourth-order valence-electron chi connectivity index (χ4n) is 8.32. The zero-order valence-corrected chi connectivity index (χ0v) is 43.1. The van der Waals surface area contributed by atoms with Crippen LogP contribution in [0.3, 0.4) is 0 Å². The Labute approximate surface area is 429 Å². The molecule has 3 amide bonds. The molecule has 5 aliphatic rings. The van der Waals surface area contributed by atoms with Gasteiger partial charge in [-0.05, 0) is 159 Å². The van der Waals surface area contributed by atoms with E-state index in [2.05, 4.69) is 112 Å². The predicted molar refractivity (Wildman–Crippen MR) is 287 cm³/mol. The summed E-state index contributed by atoms with van der Waals surface area (Å²) < 4.78 is 27.6.